The van der Waals surface area contributed by atoms with Crippen LogP contribution in [0.15, 0.2) is 0 Å². The summed E-state index contributed by atoms with van der Waals surface area (Å²) in [7, 11) is 1.96. The first kappa shape index (κ1) is 13.1. The van der Waals surface area contributed by atoms with Crippen LogP contribution < -0.4 is 10.6 Å². The van der Waals surface area contributed by atoms with E-state index in [1.165, 1.54) is 11.3 Å². The Labute approximate surface area is 108 Å². The SMILES string of the molecule is Cc1nn(C)c(C)c1CNC1CCCNC(=O)C1. The van der Waals surface area contributed by atoms with Gasteiger partial charge in [0.1, 0.15) is 0 Å². The number of nitrogens with zero attached hydrogens (tertiary/aromatic N) is 2. The topological polar surface area (TPSA) is 59.0 Å². The van der Waals surface area contributed by atoms with E-state index in [4.69, 9.17) is 0 Å². The van der Waals surface area contributed by atoms with Crippen LogP contribution in [-0.2, 0) is 18.4 Å². The van der Waals surface area contributed by atoms with Crippen molar-refractivity contribution < 1.29 is 4.79 Å². The van der Waals surface area contributed by atoms with Gasteiger partial charge < -0.3 is 10.6 Å². The molecule has 0 aromatic carbocycles. The highest BCUT2D eigenvalue weighted by atomic mass is 16.1. The molecule has 5 heteroatoms. The predicted molar refractivity (Wildman–Crippen MR) is 70.2 cm³/mol. The van der Waals surface area contributed by atoms with Crippen molar-refractivity contribution in [3.8, 4) is 0 Å². The van der Waals surface area contributed by atoms with Gasteiger partial charge in [0.15, 0.2) is 0 Å². The average molecular weight is 250 g/mol. The number of aryl methyl sites for hydroxylation is 2. The second-order valence-corrected chi connectivity index (χ2v) is 5.05. The highest BCUT2D eigenvalue weighted by molar-refractivity contribution is 5.76. The molecule has 1 unspecified atom stereocenters. The quantitative estimate of drug-likeness (QED) is 0.834. The minimum absolute atomic E-state index is 0.157. The molecule has 2 heterocycles. The maximum Gasteiger partial charge on any atom is 0.221 e. The third-order valence-electron chi connectivity index (χ3n) is 3.71. The maximum atomic E-state index is 11.5. The summed E-state index contributed by atoms with van der Waals surface area (Å²) in [6.45, 7) is 5.71. The molecule has 1 saturated heterocycles. The minimum atomic E-state index is 0.157. The lowest BCUT2D eigenvalue weighted by atomic mass is 10.1. The zero-order valence-corrected chi connectivity index (χ0v) is 11.4. The average Bonchev–Trinajstić information content (AvgIpc) is 2.51. The third kappa shape index (κ3) is 2.90. The minimum Gasteiger partial charge on any atom is -0.356 e. The van der Waals surface area contributed by atoms with Crippen LogP contribution in [0.1, 0.15) is 36.2 Å². The molecular formula is C13H22N4O. The molecule has 1 fully saturated rings. The molecule has 1 aromatic heterocycles. The van der Waals surface area contributed by atoms with E-state index in [0.29, 0.717) is 6.42 Å². The summed E-state index contributed by atoms with van der Waals surface area (Å²) in [5.74, 6) is 0.157. The Hall–Kier alpha value is -1.36. The molecule has 0 saturated carbocycles. The Morgan fingerprint density at radius 3 is 2.94 bits per heavy atom. The molecule has 1 aliphatic heterocycles. The first-order chi connectivity index (χ1) is 8.58. The molecule has 0 aliphatic carbocycles. The van der Waals surface area contributed by atoms with Crippen LogP contribution in [0.25, 0.3) is 0 Å². The van der Waals surface area contributed by atoms with Gasteiger partial charge in [0.05, 0.1) is 5.69 Å². The van der Waals surface area contributed by atoms with Crippen molar-refractivity contribution in [2.75, 3.05) is 6.54 Å². The van der Waals surface area contributed by atoms with Crippen LogP contribution in [0.5, 0.6) is 0 Å². The molecule has 1 aromatic rings. The van der Waals surface area contributed by atoms with Crippen LogP contribution in [0, 0.1) is 13.8 Å². The number of hydrogen-bond donors (Lipinski definition) is 2. The van der Waals surface area contributed by atoms with Gasteiger partial charge in [0.2, 0.25) is 5.91 Å². The maximum absolute atomic E-state index is 11.5. The van der Waals surface area contributed by atoms with E-state index in [2.05, 4.69) is 22.7 Å². The molecule has 100 valence electrons. The number of hydrogen-bond acceptors (Lipinski definition) is 3. The number of nitrogens with one attached hydrogen (secondary N) is 2. The molecule has 5 nitrogen and oxygen atoms in total. The Morgan fingerprint density at radius 1 is 1.50 bits per heavy atom. The van der Waals surface area contributed by atoms with Crippen molar-refractivity contribution >= 4 is 5.91 Å². The normalized spacial score (nSPS) is 20.6. The molecule has 1 amide bonds. The first-order valence-electron chi connectivity index (χ1n) is 6.57. The zero-order valence-electron chi connectivity index (χ0n) is 11.4. The van der Waals surface area contributed by atoms with Gasteiger partial charge in [-0.05, 0) is 26.7 Å². The van der Waals surface area contributed by atoms with Crippen molar-refractivity contribution in [2.24, 2.45) is 7.05 Å². The van der Waals surface area contributed by atoms with E-state index in [9.17, 15) is 4.79 Å². The summed E-state index contributed by atoms with van der Waals surface area (Å²) in [6.07, 6.45) is 2.68. The largest absolute Gasteiger partial charge is 0.356 e. The number of carbonyl (C=O) groups excluding carboxylic acids is 1. The number of rotatable bonds is 3. The van der Waals surface area contributed by atoms with Crippen LogP contribution in [0.2, 0.25) is 0 Å². The molecule has 0 bridgehead atoms. The summed E-state index contributed by atoms with van der Waals surface area (Å²) >= 11 is 0. The van der Waals surface area contributed by atoms with Crippen molar-refractivity contribution in [1.82, 2.24) is 20.4 Å². The van der Waals surface area contributed by atoms with Crippen LogP contribution in [-0.4, -0.2) is 28.3 Å². The van der Waals surface area contributed by atoms with E-state index in [1.807, 2.05) is 18.7 Å². The fourth-order valence-electron chi connectivity index (χ4n) is 2.47. The van der Waals surface area contributed by atoms with E-state index in [1.54, 1.807) is 0 Å². The lowest BCUT2D eigenvalue weighted by molar-refractivity contribution is -0.121. The molecule has 1 atom stereocenters. The standard InChI is InChI=1S/C13H22N4O/c1-9-12(10(2)17(3)16-9)8-15-11-5-4-6-14-13(18)7-11/h11,15H,4-8H2,1-3H3,(H,14,18). The van der Waals surface area contributed by atoms with Gasteiger partial charge in [-0.1, -0.05) is 0 Å². The summed E-state index contributed by atoms with van der Waals surface area (Å²) < 4.78 is 1.91. The fourth-order valence-corrected chi connectivity index (χ4v) is 2.47. The van der Waals surface area contributed by atoms with E-state index >= 15 is 0 Å². The molecule has 2 rings (SSSR count). The summed E-state index contributed by atoms with van der Waals surface area (Å²) in [5.41, 5.74) is 3.51. The van der Waals surface area contributed by atoms with Crippen molar-refractivity contribution in [2.45, 2.75) is 45.7 Å². The van der Waals surface area contributed by atoms with Crippen molar-refractivity contribution in [3.05, 3.63) is 17.0 Å². The smallest absolute Gasteiger partial charge is 0.221 e. The Balaban J connectivity index is 1.96. The fraction of sp³-hybridized carbons (Fsp3) is 0.692. The molecule has 0 spiro atoms. The van der Waals surface area contributed by atoms with E-state index in [-0.39, 0.29) is 11.9 Å². The molecule has 0 radical (unpaired) electrons. The van der Waals surface area contributed by atoms with Gasteiger partial charge in [-0.15, -0.1) is 0 Å². The summed E-state index contributed by atoms with van der Waals surface area (Å²) in [6, 6.07) is 0.284. The molecule has 1 aliphatic rings. The van der Waals surface area contributed by atoms with Gasteiger partial charge in [-0.3, -0.25) is 9.48 Å². The van der Waals surface area contributed by atoms with Gasteiger partial charge in [-0.2, -0.15) is 5.10 Å². The molecule has 2 N–H and O–H groups in total. The second kappa shape index (κ2) is 5.52. The highest BCUT2D eigenvalue weighted by Crippen LogP contribution is 2.13. The van der Waals surface area contributed by atoms with Gasteiger partial charge in [-0.25, -0.2) is 0 Å². The lowest BCUT2D eigenvalue weighted by Gasteiger charge is -2.15. The summed E-state index contributed by atoms with van der Waals surface area (Å²) in [5, 5.41) is 10.8. The zero-order chi connectivity index (χ0) is 13.1. The van der Waals surface area contributed by atoms with Crippen LogP contribution >= 0.6 is 0 Å². The number of aromatic nitrogens is 2. The van der Waals surface area contributed by atoms with Crippen molar-refractivity contribution in [3.63, 3.8) is 0 Å². The number of carbonyl (C=O) groups is 1. The third-order valence-corrected chi connectivity index (χ3v) is 3.71. The van der Waals surface area contributed by atoms with Crippen LogP contribution in [0.3, 0.4) is 0 Å². The van der Waals surface area contributed by atoms with E-state index < -0.39 is 0 Å². The monoisotopic (exact) mass is 250 g/mol. The second-order valence-electron chi connectivity index (χ2n) is 5.05. The van der Waals surface area contributed by atoms with Crippen molar-refractivity contribution in [1.29, 1.82) is 0 Å². The Bertz CT molecular complexity index is 438. The van der Waals surface area contributed by atoms with Gasteiger partial charge >= 0.3 is 0 Å². The molecular weight excluding hydrogens is 228 g/mol. The Morgan fingerprint density at radius 2 is 2.28 bits per heavy atom. The Kier molecular flexibility index (Phi) is 4.01. The first-order valence-corrected chi connectivity index (χ1v) is 6.57. The summed E-state index contributed by atoms with van der Waals surface area (Å²) in [4.78, 5) is 11.5. The van der Waals surface area contributed by atoms with Crippen LogP contribution in [0.4, 0.5) is 0 Å². The molecule has 18 heavy (non-hydrogen) atoms. The predicted octanol–water partition coefficient (Wildman–Crippen LogP) is 0.795. The van der Waals surface area contributed by atoms with Gasteiger partial charge in [0, 0.05) is 43.9 Å². The van der Waals surface area contributed by atoms with Gasteiger partial charge in [0.25, 0.3) is 0 Å². The number of amides is 1. The highest BCUT2D eigenvalue weighted by Gasteiger charge is 2.18. The van der Waals surface area contributed by atoms with E-state index in [0.717, 1.165) is 31.6 Å². The lowest BCUT2D eigenvalue weighted by Crippen LogP contribution is -2.32.